The lowest BCUT2D eigenvalue weighted by atomic mass is 10.1. The highest BCUT2D eigenvalue weighted by atomic mass is 32.1. The molecule has 108 valence electrons. The molecule has 0 amide bonds. The van der Waals surface area contributed by atoms with Crippen LogP contribution in [0.5, 0.6) is 0 Å². The number of carboxylic acid groups (broad SMARTS) is 1. The Hall–Kier alpha value is -2.14. The van der Waals surface area contributed by atoms with E-state index in [2.05, 4.69) is 17.1 Å². The molecule has 2 aromatic heterocycles. The van der Waals surface area contributed by atoms with Gasteiger partial charge in [0.05, 0.1) is 5.69 Å². The van der Waals surface area contributed by atoms with Crippen LogP contribution in [-0.4, -0.2) is 20.5 Å². The molecule has 4 nitrogen and oxygen atoms in total. The Labute approximate surface area is 126 Å². The first kappa shape index (κ1) is 13.8. The van der Waals surface area contributed by atoms with Crippen LogP contribution in [0.1, 0.15) is 34.3 Å². The zero-order chi connectivity index (χ0) is 15.0. The average Bonchev–Trinajstić information content (AvgIpc) is 2.99. The number of carboxylic acids is 1. The number of aromatic nitrogens is 2. The summed E-state index contributed by atoms with van der Waals surface area (Å²) in [5.74, 6) is -0.870. The smallest absolute Gasteiger partial charge is 0.347 e. The van der Waals surface area contributed by atoms with E-state index in [1.54, 1.807) is 0 Å². The van der Waals surface area contributed by atoms with Crippen molar-refractivity contribution in [2.75, 3.05) is 0 Å². The van der Waals surface area contributed by atoms with E-state index in [1.807, 2.05) is 36.6 Å². The predicted molar refractivity (Wildman–Crippen MR) is 84.2 cm³/mol. The molecule has 0 spiro atoms. The molecule has 0 aliphatic carbocycles. The van der Waals surface area contributed by atoms with Gasteiger partial charge in [0.15, 0.2) is 4.96 Å². The van der Waals surface area contributed by atoms with Crippen molar-refractivity contribution in [2.24, 2.45) is 0 Å². The minimum atomic E-state index is -0.870. The van der Waals surface area contributed by atoms with Gasteiger partial charge in [-0.25, -0.2) is 9.78 Å². The lowest BCUT2D eigenvalue weighted by molar-refractivity contribution is 0.0700. The number of aromatic carboxylic acids is 1. The molecule has 0 fully saturated rings. The minimum absolute atomic E-state index is 0.398. The Morgan fingerprint density at radius 3 is 2.67 bits per heavy atom. The van der Waals surface area contributed by atoms with Crippen molar-refractivity contribution in [3.8, 4) is 11.3 Å². The van der Waals surface area contributed by atoms with E-state index in [0.29, 0.717) is 4.88 Å². The van der Waals surface area contributed by atoms with Gasteiger partial charge in [0, 0.05) is 17.5 Å². The molecule has 0 aliphatic rings. The van der Waals surface area contributed by atoms with E-state index in [1.165, 1.54) is 16.9 Å². The molecule has 5 heteroatoms. The van der Waals surface area contributed by atoms with Crippen LogP contribution in [0, 0.1) is 6.92 Å². The predicted octanol–water partition coefficient (Wildman–Crippen LogP) is 4.02. The van der Waals surface area contributed by atoms with Crippen LogP contribution < -0.4 is 0 Å². The van der Waals surface area contributed by atoms with Crippen molar-refractivity contribution >= 4 is 22.3 Å². The highest BCUT2D eigenvalue weighted by Gasteiger charge is 2.19. The van der Waals surface area contributed by atoms with Gasteiger partial charge in [-0.05, 0) is 13.3 Å². The third-order valence-electron chi connectivity index (χ3n) is 3.45. The molecule has 3 rings (SSSR count). The Bertz CT molecular complexity index is 800. The molecule has 2 heterocycles. The molecule has 0 saturated carbocycles. The number of hydrogen-bond donors (Lipinski definition) is 1. The third kappa shape index (κ3) is 2.45. The van der Waals surface area contributed by atoms with Crippen LogP contribution in [0.15, 0.2) is 30.5 Å². The van der Waals surface area contributed by atoms with Gasteiger partial charge < -0.3 is 5.11 Å². The quantitative estimate of drug-likeness (QED) is 0.791. The maximum Gasteiger partial charge on any atom is 0.347 e. The summed E-state index contributed by atoms with van der Waals surface area (Å²) < 4.78 is 1.92. The summed E-state index contributed by atoms with van der Waals surface area (Å²) in [4.78, 5) is 17.0. The number of aryl methyl sites for hydroxylation is 2. The van der Waals surface area contributed by atoms with Gasteiger partial charge in [0.1, 0.15) is 4.88 Å². The summed E-state index contributed by atoms with van der Waals surface area (Å²) in [6.45, 7) is 4.10. The summed E-state index contributed by atoms with van der Waals surface area (Å²) >= 11 is 1.24. The second-order valence-corrected chi connectivity index (χ2v) is 6.06. The first-order valence-corrected chi connectivity index (χ1v) is 7.73. The van der Waals surface area contributed by atoms with Gasteiger partial charge in [-0.2, -0.15) is 0 Å². The van der Waals surface area contributed by atoms with Crippen LogP contribution in [0.25, 0.3) is 16.2 Å². The standard InChI is InChI=1S/C16H16N2O2S/c1-3-4-13-14(15(19)20)21-16-17-12(9-18(13)16)11-7-5-10(2)6-8-11/h5-9H,3-4H2,1-2H3,(H,19,20). The van der Waals surface area contributed by atoms with E-state index in [-0.39, 0.29) is 0 Å². The number of rotatable bonds is 4. The zero-order valence-corrected chi connectivity index (χ0v) is 12.8. The van der Waals surface area contributed by atoms with Crippen molar-refractivity contribution in [3.05, 3.63) is 46.6 Å². The maximum absolute atomic E-state index is 11.3. The molecular formula is C16H16N2O2S. The fourth-order valence-corrected chi connectivity index (χ4v) is 3.38. The van der Waals surface area contributed by atoms with Crippen LogP contribution in [0.2, 0.25) is 0 Å². The van der Waals surface area contributed by atoms with Crippen LogP contribution >= 0.6 is 11.3 Å². The van der Waals surface area contributed by atoms with Crippen molar-refractivity contribution < 1.29 is 9.90 Å². The second-order valence-electron chi connectivity index (χ2n) is 5.08. The van der Waals surface area contributed by atoms with E-state index in [4.69, 9.17) is 0 Å². The van der Waals surface area contributed by atoms with Gasteiger partial charge in [0.2, 0.25) is 0 Å². The summed E-state index contributed by atoms with van der Waals surface area (Å²) in [5, 5.41) is 9.30. The van der Waals surface area contributed by atoms with Crippen molar-refractivity contribution in [2.45, 2.75) is 26.7 Å². The second kappa shape index (κ2) is 5.33. The van der Waals surface area contributed by atoms with Gasteiger partial charge in [-0.1, -0.05) is 54.5 Å². The molecule has 0 atom stereocenters. The number of thiazole rings is 1. The molecule has 0 aliphatic heterocycles. The van der Waals surface area contributed by atoms with Crippen LogP contribution in [-0.2, 0) is 6.42 Å². The van der Waals surface area contributed by atoms with Gasteiger partial charge >= 0.3 is 5.97 Å². The van der Waals surface area contributed by atoms with Crippen molar-refractivity contribution in [3.63, 3.8) is 0 Å². The van der Waals surface area contributed by atoms with E-state index in [0.717, 1.165) is 34.8 Å². The zero-order valence-electron chi connectivity index (χ0n) is 12.0. The average molecular weight is 300 g/mol. The van der Waals surface area contributed by atoms with Crippen molar-refractivity contribution in [1.82, 2.24) is 9.38 Å². The summed E-state index contributed by atoms with van der Waals surface area (Å²) in [6, 6.07) is 8.19. The fraction of sp³-hybridized carbons (Fsp3) is 0.250. The molecule has 3 aromatic rings. The first-order chi connectivity index (χ1) is 10.1. The van der Waals surface area contributed by atoms with Gasteiger partial charge in [-0.3, -0.25) is 4.40 Å². The first-order valence-electron chi connectivity index (χ1n) is 6.91. The van der Waals surface area contributed by atoms with E-state index in [9.17, 15) is 9.90 Å². The number of imidazole rings is 1. The highest BCUT2D eigenvalue weighted by molar-refractivity contribution is 7.19. The van der Waals surface area contributed by atoms with Crippen molar-refractivity contribution in [1.29, 1.82) is 0 Å². The monoisotopic (exact) mass is 300 g/mol. The number of benzene rings is 1. The van der Waals surface area contributed by atoms with Gasteiger partial charge in [-0.15, -0.1) is 0 Å². The SMILES string of the molecule is CCCc1c(C(=O)O)sc2nc(-c3ccc(C)cc3)cn12. The normalized spacial score (nSPS) is 11.1. The van der Waals surface area contributed by atoms with E-state index >= 15 is 0 Å². The summed E-state index contributed by atoms with van der Waals surface area (Å²) in [5.41, 5.74) is 3.99. The van der Waals surface area contributed by atoms with E-state index < -0.39 is 5.97 Å². The molecule has 0 saturated heterocycles. The Morgan fingerprint density at radius 2 is 2.05 bits per heavy atom. The maximum atomic E-state index is 11.3. The molecule has 0 bridgehead atoms. The summed E-state index contributed by atoms with van der Waals surface area (Å²) in [6.07, 6.45) is 3.59. The fourth-order valence-electron chi connectivity index (χ4n) is 2.39. The number of carbonyl (C=O) groups is 1. The number of nitrogens with zero attached hydrogens (tertiary/aromatic N) is 2. The minimum Gasteiger partial charge on any atom is -0.477 e. The molecule has 1 aromatic carbocycles. The molecule has 21 heavy (non-hydrogen) atoms. The third-order valence-corrected chi connectivity index (χ3v) is 4.53. The number of fused-ring (bicyclic) bond motifs is 1. The molecule has 0 unspecified atom stereocenters. The molecule has 0 radical (unpaired) electrons. The summed E-state index contributed by atoms with van der Waals surface area (Å²) in [7, 11) is 0. The topological polar surface area (TPSA) is 54.6 Å². The molecular weight excluding hydrogens is 284 g/mol. The largest absolute Gasteiger partial charge is 0.477 e. The number of hydrogen-bond acceptors (Lipinski definition) is 3. The lowest BCUT2D eigenvalue weighted by Crippen LogP contribution is -2.00. The Kier molecular flexibility index (Phi) is 3.51. The van der Waals surface area contributed by atoms with Gasteiger partial charge in [0.25, 0.3) is 0 Å². The Morgan fingerprint density at radius 1 is 1.33 bits per heavy atom. The lowest BCUT2D eigenvalue weighted by Gasteiger charge is -1.99. The van der Waals surface area contributed by atoms with Crippen LogP contribution in [0.3, 0.4) is 0 Å². The highest BCUT2D eigenvalue weighted by Crippen LogP contribution is 2.28. The Balaban J connectivity index is 2.12. The molecule has 1 N–H and O–H groups in total. The van der Waals surface area contributed by atoms with Crippen LogP contribution in [0.4, 0.5) is 0 Å².